The van der Waals surface area contributed by atoms with Gasteiger partial charge in [0.25, 0.3) is 5.91 Å². The van der Waals surface area contributed by atoms with Gasteiger partial charge in [-0.05, 0) is 74.2 Å². The molecule has 0 bridgehead atoms. The smallest absolute Gasteiger partial charge is 0.253 e. The average Bonchev–Trinajstić information content (AvgIpc) is 2.61. The number of nitrogens with one attached hydrogen (secondary N) is 1. The lowest BCUT2D eigenvalue weighted by Gasteiger charge is -2.31. The van der Waals surface area contributed by atoms with Crippen molar-refractivity contribution in [3.63, 3.8) is 0 Å². The summed E-state index contributed by atoms with van der Waals surface area (Å²) in [5.41, 5.74) is 3.80. The van der Waals surface area contributed by atoms with E-state index in [1.54, 1.807) is 0 Å². The number of piperidine rings is 1. The molecule has 2 aromatic rings. The third-order valence-corrected chi connectivity index (χ3v) is 5.26. The molecule has 0 aromatic heterocycles. The van der Waals surface area contributed by atoms with Gasteiger partial charge in [0.05, 0.1) is 0 Å². The molecule has 0 spiro atoms. The summed E-state index contributed by atoms with van der Waals surface area (Å²) < 4.78 is 0.954. The minimum Gasteiger partial charge on any atom is -0.339 e. The van der Waals surface area contributed by atoms with Gasteiger partial charge < -0.3 is 10.2 Å². The number of anilines is 1. The second-order valence-corrected chi connectivity index (χ2v) is 7.85. The van der Waals surface area contributed by atoms with Crippen LogP contribution in [0, 0.1) is 19.8 Å². The third kappa shape index (κ3) is 4.52. The second-order valence-electron chi connectivity index (χ2n) is 6.94. The topological polar surface area (TPSA) is 49.4 Å². The molecule has 2 amide bonds. The molecule has 2 aromatic carbocycles. The number of rotatable bonds is 3. The molecule has 1 saturated heterocycles. The van der Waals surface area contributed by atoms with E-state index in [1.165, 1.54) is 0 Å². The lowest BCUT2D eigenvalue weighted by atomic mass is 9.95. The van der Waals surface area contributed by atoms with E-state index in [1.807, 2.05) is 55.1 Å². The summed E-state index contributed by atoms with van der Waals surface area (Å²) in [6.45, 7) is 5.27. The van der Waals surface area contributed by atoms with Crippen LogP contribution in [0.5, 0.6) is 0 Å². The lowest BCUT2D eigenvalue weighted by molar-refractivity contribution is -0.121. The highest BCUT2D eigenvalue weighted by molar-refractivity contribution is 9.10. The van der Waals surface area contributed by atoms with Crippen molar-refractivity contribution in [3.05, 3.63) is 63.6 Å². The Kier molecular flexibility index (Phi) is 5.77. The Bertz CT molecular complexity index is 789. The molecule has 1 aliphatic heterocycles. The van der Waals surface area contributed by atoms with Crippen LogP contribution in [-0.4, -0.2) is 29.8 Å². The van der Waals surface area contributed by atoms with Crippen molar-refractivity contribution in [2.24, 2.45) is 5.92 Å². The van der Waals surface area contributed by atoms with E-state index in [4.69, 9.17) is 0 Å². The summed E-state index contributed by atoms with van der Waals surface area (Å²) in [6, 6.07) is 13.4. The first kappa shape index (κ1) is 18.6. The molecule has 0 saturated carbocycles. The van der Waals surface area contributed by atoms with Crippen LogP contribution in [0.25, 0.3) is 0 Å². The number of halogens is 1. The van der Waals surface area contributed by atoms with Gasteiger partial charge in [-0.25, -0.2) is 0 Å². The van der Waals surface area contributed by atoms with Crippen LogP contribution in [0.2, 0.25) is 0 Å². The molecule has 3 rings (SSSR count). The van der Waals surface area contributed by atoms with Crippen LogP contribution in [-0.2, 0) is 4.79 Å². The Hall–Kier alpha value is -2.14. The van der Waals surface area contributed by atoms with Gasteiger partial charge in [0.1, 0.15) is 0 Å². The van der Waals surface area contributed by atoms with E-state index >= 15 is 0 Å². The highest BCUT2D eigenvalue weighted by Gasteiger charge is 2.27. The van der Waals surface area contributed by atoms with Crippen molar-refractivity contribution >= 4 is 33.4 Å². The highest BCUT2D eigenvalue weighted by Crippen LogP contribution is 2.22. The summed E-state index contributed by atoms with van der Waals surface area (Å²) in [5, 5.41) is 3.03. The van der Waals surface area contributed by atoms with Crippen LogP contribution in [0.3, 0.4) is 0 Å². The number of carbonyl (C=O) groups excluding carboxylic acids is 2. The number of carbonyl (C=O) groups is 2. The zero-order valence-electron chi connectivity index (χ0n) is 15.1. The number of likely N-dealkylation sites (tertiary alicyclic amines) is 1. The fourth-order valence-corrected chi connectivity index (χ4v) is 3.68. The van der Waals surface area contributed by atoms with Crippen LogP contribution >= 0.6 is 15.9 Å². The number of aryl methyl sites for hydroxylation is 2. The summed E-state index contributed by atoms with van der Waals surface area (Å²) in [4.78, 5) is 27.0. The molecule has 0 radical (unpaired) electrons. The highest BCUT2D eigenvalue weighted by atomic mass is 79.9. The van der Waals surface area contributed by atoms with Gasteiger partial charge >= 0.3 is 0 Å². The molecule has 5 heteroatoms. The number of amides is 2. The van der Waals surface area contributed by atoms with Crippen molar-refractivity contribution in [1.82, 2.24) is 4.90 Å². The van der Waals surface area contributed by atoms with Crippen LogP contribution in [0.4, 0.5) is 5.69 Å². The Labute approximate surface area is 162 Å². The van der Waals surface area contributed by atoms with Gasteiger partial charge in [0.15, 0.2) is 0 Å². The van der Waals surface area contributed by atoms with Gasteiger partial charge in [0.2, 0.25) is 5.91 Å². The van der Waals surface area contributed by atoms with Gasteiger partial charge in [-0.2, -0.15) is 0 Å². The average molecular weight is 415 g/mol. The minimum atomic E-state index is -0.0511. The summed E-state index contributed by atoms with van der Waals surface area (Å²) >= 11 is 3.38. The molecule has 136 valence electrons. The largest absolute Gasteiger partial charge is 0.339 e. The van der Waals surface area contributed by atoms with Crippen LogP contribution in [0.15, 0.2) is 46.9 Å². The predicted octanol–water partition coefficient (Wildman–Crippen LogP) is 4.56. The first-order valence-electron chi connectivity index (χ1n) is 8.86. The van der Waals surface area contributed by atoms with Crippen LogP contribution < -0.4 is 5.32 Å². The first-order valence-corrected chi connectivity index (χ1v) is 9.65. The Morgan fingerprint density at radius 3 is 2.15 bits per heavy atom. The fourth-order valence-electron chi connectivity index (χ4n) is 3.41. The first-order chi connectivity index (χ1) is 12.4. The maximum atomic E-state index is 12.6. The fraction of sp³-hybridized carbons (Fsp3) is 0.333. The maximum absolute atomic E-state index is 12.6. The molecule has 0 aliphatic carbocycles. The van der Waals surface area contributed by atoms with Crippen molar-refractivity contribution in [1.29, 1.82) is 0 Å². The van der Waals surface area contributed by atoms with E-state index in [9.17, 15) is 9.59 Å². The second kappa shape index (κ2) is 8.04. The van der Waals surface area contributed by atoms with E-state index in [0.29, 0.717) is 31.5 Å². The Morgan fingerprint density at radius 2 is 1.58 bits per heavy atom. The van der Waals surface area contributed by atoms with E-state index in [2.05, 4.69) is 27.3 Å². The number of hydrogen-bond donors (Lipinski definition) is 1. The summed E-state index contributed by atoms with van der Waals surface area (Å²) in [7, 11) is 0. The normalized spacial score (nSPS) is 15.0. The van der Waals surface area contributed by atoms with Gasteiger partial charge in [-0.15, -0.1) is 0 Å². The Morgan fingerprint density at radius 1 is 1.00 bits per heavy atom. The molecular formula is C21H23BrN2O2. The van der Waals surface area contributed by atoms with Gasteiger partial charge in [-0.3, -0.25) is 9.59 Å². The molecule has 1 N–H and O–H groups in total. The van der Waals surface area contributed by atoms with Gasteiger partial charge in [0, 0.05) is 34.7 Å². The van der Waals surface area contributed by atoms with Gasteiger partial charge in [-0.1, -0.05) is 22.0 Å². The monoisotopic (exact) mass is 414 g/mol. The number of hydrogen-bond acceptors (Lipinski definition) is 2. The molecular weight excluding hydrogens is 392 g/mol. The quantitative estimate of drug-likeness (QED) is 0.799. The predicted molar refractivity (Wildman–Crippen MR) is 107 cm³/mol. The standard InChI is InChI=1S/C21H23BrN2O2/c1-14-11-15(2)13-19(12-14)23-20(25)16-7-9-24(10-8-16)21(26)17-3-5-18(22)6-4-17/h3-6,11-13,16H,7-10H2,1-2H3,(H,23,25). The van der Waals surface area contributed by atoms with Crippen molar-refractivity contribution in [2.45, 2.75) is 26.7 Å². The van der Waals surface area contributed by atoms with Crippen molar-refractivity contribution < 1.29 is 9.59 Å². The third-order valence-electron chi connectivity index (χ3n) is 4.73. The van der Waals surface area contributed by atoms with Crippen molar-refractivity contribution in [3.8, 4) is 0 Å². The summed E-state index contributed by atoms with van der Waals surface area (Å²) in [5.74, 6) is 0.0289. The minimum absolute atomic E-state index is 0.0330. The van der Waals surface area contributed by atoms with Crippen molar-refractivity contribution in [2.75, 3.05) is 18.4 Å². The van der Waals surface area contributed by atoms with E-state index < -0.39 is 0 Å². The number of nitrogens with zero attached hydrogens (tertiary/aromatic N) is 1. The number of benzene rings is 2. The lowest BCUT2D eigenvalue weighted by Crippen LogP contribution is -2.41. The van der Waals surface area contributed by atoms with Crippen LogP contribution in [0.1, 0.15) is 34.3 Å². The molecule has 26 heavy (non-hydrogen) atoms. The summed E-state index contributed by atoms with van der Waals surface area (Å²) in [6.07, 6.45) is 1.39. The van der Waals surface area contributed by atoms with E-state index in [0.717, 1.165) is 21.3 Å². The Balaban J connectivity index is 1.56. The van der Waals surface area contributed by atoms with E-state index in [-0.39, 0.29) is 17.7 Å². The zero-order valence-corrected chi connectivity index (χ0v) is 16.7. The molecule has 1 heterocycles. The molecule has 1 aliphatic rings. The SMILES string of the molecule is Cc1cc(C)cc(NC(=O)C2CCN(C(=O)c3ccc(Br)cc3)CC2)c1. The zero-order chi connectivity index (χ0) is 18.7. The molecule has 1 fully saturated rings. The maximum Gasteiger partial charge on any atom is 0.253 e. The molecule has 4 nitrogen and oxygen atoms in total. The molecule has 0 unspecified atom stereocenters. The molecule has 0 atom stereocenters.